The third kappa shape index (κ3) is 14.6. The smallest absolute Gasteiger partial charge is 0.102 e. The molecule has 0 aliphatic heterocycles. The van der Waals surface area contributed by atoms with E-state index in [0.29, 0.717) is 26.2 Å². The predicted molar refractivity (Wildman–Crippen MR) is 101 cm³/mol. The second kappa shape index (κ2) is 14.9. The largest absolute Gasteiger partial charge is 0.748 e. The fourth-order valence-corrected chi connectivity index (χ4v) is 3.73. The molecular formula is C18H39NO5S. The molecule has 0 aromatic rings. The van der Waals surface area contributed by atoms with Crippen molar-refractivity contribution in [1.82, 2.24) is 0 Å². The van der Waals surface area contributed by atoms with E-state index in [1.165, 1.54) is 0 Å². The van der Waals surface area contributed by atoms with Crippen LogP contribution in [0.2, 0.25) is 0 Å². The molecule has 0 N–H and O–H groups in total. The molecule has 0 bridgehead atoms. The highest BCUT2D eigenvalue weighted by atomic mass is 32.2. The van der Waals surface area contributed by atoms with Crippen molar-refractivity contribution in [2.45, 2.75) is 59.3 Å². The average Bonchev–Trinajstić information content (AvgIpc) is 2.54. The van der Waals surface area contributed by atoms with Gasteiger partial charge in [-0.05, 0) is 32.1 Å². The molecule has 0 amide bonds. The number of hydrogen-bond acceptors (Lipinski definition) is 5. The summed E-state index contributed by atoms with van der Waals surface area (Å²) in [6.45, 7) is 13.2. The molecule has 0 atom stereocenters. The molecule has 7 heteroatoms. The zero-order valence-corrected chi connectivity index (χ0v) is 17.3. The molecule has 0 spiro atoms. The van der Waals surface area contributed by atoms with E-state index in [2.05, 4.69) is 20.8 Å². The fourth-order valence-electron chi connectivity index (χ4n) is 3.17. The van der Waals surface area contributed by atoms with Crippen molar-refractivity contribution in [3.05, 3.63) is 0 Å². The van der Waals surface area contributed by atoms with Gasteiger partial charge >= 0.3 is 0 Å². The fraction of sp³-hybridized carbons (Fsp3) is 1.00. The summed E-state index contributed by atoms with van der Waals surface area (Å²) in [5, 5.41) is 0. The highest BCUT2D eigenvalue weighted by molar-refractivity contribution is 7.85. The van der Waals surface area contributed by atoms with Crippen LogP contribution < -0.4 is 0 Å². The molecule has 152 valence electrons. The van der Waals surface area contributed by atoms with Gasteiger partial charge in [-0.3, -0.25) is 0 Å². The summed E-state index contributed by atoms with van der Waals surface area (Å²) < 4.78 is 44.4. The molecule has 0 aromatic heterocycles. The van der Waals surface area contributed by atoms with Gasteiger partial charge in [0.15, 0.2) is 0 Å². The van der Waals surface area contributed by atoms with E-state index < -0.39 is 10.1 Å². The lowest BCUT2D eigenvalue weighted by Gasteiger charge is -2.38. The van der Waals surface area contributed by atoms with Crippen molar-refractivity contribution in [2.24, 2.45) is 0 Å². The highest BCUT2D eigenvalue weighted by Crippen LogP contribution is 2.13. The first-order chi connectivity index (χ1) is 11.9. The first kappa shape index (κ1) is 24.8. The van der Waals surface area contributed by atoms with E-state index in [9.17, 15) is 13.0 Å². The average molecular weight is 382 g/mol. The summed E-state index contributed by atoms with van der Waals surface area (Å²) >= 11 is 0. The van der Waals surface area contributed by atoms with Gasteiger partial charge in [0, 0.05) is 12.4 Å². The first-order valence-electron chi connectivity index (χ1n) is 9.83. The van der Waals surface area contributed by atoms with Gasteiger partial charge in [0.1, 0.15) is 6.54 Å². The molecule has 0 radical (unpaired) electrons. The van der Waals surface area contributed by atoms with Gasteiger partial charge in [0.2, 0.25) is 0 Å². The molecule has 0 aromatic carbocycles. The lowest BCUT2D eigenvalue weighted by molar-refractivity contribution is -0.928. The molecule has 0 saturated carbocycles. The van der Waals surface area contributed by atoms with E-state index in [4.69, 9.17) is 9.47 Å². The Labute approximate surface area is 155 Å². The number of ether oxygens (including phenoxy) is 2. The van der Waals surface area contributed by atoms with E-state index in [1.807, 2.05) is 0 Å². The van der Waals surface area contributed by atoms with Crippen LogP contribution >= 0.6 is 0 Å². The van der Waals surface area contributed by atoms with Crippen molar-refractivity contribution >= 4 is 10.1 Å². The van der Waals surface area contributed by atoms with Crippen LogP contribution in [0.1, 0.15) is 59.3 Å². The number of rotatable bonds is 18. The molecule has 0 heterocycles. The summed E-state index contributed by atoms with van der Waals surface area (Å²) in [5.74, 6) is -0.253. The number of hydrogen-bond donors (Lipinski definition) is 0. The van der Waals surface area contributed by atoms with E-state index >= 15 is 0 Å². The maximum atomic E-state index is 10.8. The Bertz CT molecular complexity index is 394. The Kier molecular flexibility index (Phi) is 14.8. The monoisotopic (exact) mass is 381 g/mol. The summed E-state index contributed by atoms with van der Waals surface area (Å²) in [7, 11) is -4.10. The summed E-state index contributed by atoms with van der Waals surface area (Å²) in [5.41, 5.74) is 0. The van der Waals surface area contributed by atoms with E-state index in [-0.39, 0.29) is 5.75 Å². The van der Waals surface area contributed by atoms with Crippen LogP contribution in [-0.2, 0) is 19.6 Å². The Hall–Kier alpha value is -0.210. The van der Waals surface area contributed by atoms with Crippen LogP contribution in [0, 0.1) is 0 Å². The lowest BCUT2D eigenvalue weighted by Crippen LogP contribution is -2.52. The zero-order chi connectivity index (χ0) is 19.0. The van der Waals surface area contributed by atoms with Crippen molar-refractivity contribution < 1.29 is 26.9 Å². The van der Waals surface area contributed by atoms with Gasteiger partial charge in [0.25, 0.3) is 0 Å². The molecule has 0 aliphatic rings. The third-order valence-electron chi connectivity index (χ3n) is 4.40. The van der Waals surface area contributed by atoms with Gasteiger partial charge in [0.05, 0.1) is 49.6 Å². The Morgan fingerprint density at radius 3 is 1.84 bits per heavy atom. The van der Waals surface area contributed by atoms with Crippen molar-refractivity contribution in [3.63, 3.8) is 0 Å². The second-order valence-corrected chi connectivity index (χ2v) is 8.31. The Morgan fingerprint density at radius 2 is 1.32 bits per heavy atom. The van der Waals surface area contributed by atoms with Gasteiger partial charge in [-0.2, -0.15) is 0 Å². The van der Waals surface area contributed by atoms with Gasteiger partial charge < -0.3 is 18.5 Å². The Balaban J connectivity index is 4.21. The molecular weight excluding hydrogens is 342 g/mol. The molecule has 0 rings (SSSR count). The molecule has 0 unspecified atom stereocenters. The third-order valence-corrected chi connectivity index (χ3v) is 5.19. The van der Waals surface area contributed by atoms with Gasteiger partial charge in [-0.25, -0.2) is 8.42 Å². The number of unbranched alkanes of at least 4 members (excludes halogenated alkanes) is 2. The first-order valence-corrected chi connectivity index (χ1v) is 11.4. The standard InChI is InChI=1S/C18H39NO5S/c1-4-7-14-23-16-17-24-15-13-19(10-5-2,11-6-3)12-8-9-18-25(20,21)22/h4-18H2,1-3H3. The van der Waals surface area contributed by atoms with Gasteiger partial charge in [-0.15, -0.1) is 0 Å². The molecule has 0 fully saturated rings. The van der Waals surface area contributed by atoms with Crippen LogP contribution in [0.25, 0.3) is 0 Å². The van der Waals surface area contributed by atoms with Crippen molar-refractivity contribution in [3.8, 4) is 0 Å². The summed E-state index contributed by atoms with van der Waals surface area (Å²) in [6, 6.07) is 0. The van der Waals surface area contributed by atoms with Crippen molar-refractivity contribution in [2.75, 3.05) is 58.4 Å². The molecule has 6 nitrogen and oxygen atoms in total. The maximum Gasteiger partial charge on any atom is 0.102 e. The summed E-state index contributed by atoms with van der Waals surface area (Å²) in [6.07, 6.45) is 5.61. The van der Waals surface area contributed by atoms with Crippen molar-refractivity contribution in [1.29, 1.82) is 0 Å². The van der Waals surface area contributed by atoms with E-state index in [0.717, 1.165) is 69.4 Å². The van der Waals surface area contributed by atoms with Crippen LogP contribution in [0.3, 0.4) is 0 Å². The highest BCUT2D eigenvalue weighted by Gasteiger charge is 2.24. The summed E-state index contributed by atoms with van der Waals surface area (Å²) in [4.78, 5) is 0. The SMILES string of the molecule is CCCCOCCOCC[N+](CCC)(CCC)CCCCS(=O)(=O)[O-]. The Morgan fingerprint density at radius 1 is 0.720 bits per heavy atom. The number of quaternary nitrogens is 1. The minimum absolute atomic E-state index is 0.253. The van der Waals surface area contributed by atoms with Crippen LogP contribution in [0.4, 0.5) is 0 Å². The van der Waals surface area contributed by atoms with E-state index in [1.54, 1.807) is 0 Å². The lowest BCUT2D eigenvalue weighted by atomic mass is 10.2. The molecule has 25 heavy (non-hydrogen) atoms. The zero-order valence-electron chi connectivity index (χ0n) is 16.5. The normalized spacial score (nSPS) is 12.6. The maximum absolute atomic E-state index is 10.8. The molecule has 0 saturated heterocycles. The minimum Gasteiger partial charge on any atom is -0.748 e. The minimum atomic E-state index is -4.10. The van der Waals surface area contributed by atoms with Gasteiger partial charge in [-0.1, -0.05) is 27.2 Å². The predicted octanol–water partition coefficient (Wildman–Crippen LogP) is 2.78. The molecule has 0 aliphatic carbocycles. The topological polar surface area (TPSA) is 75.7 Å². The van der Waals surface area contributed by atoms with Crippen LogP contribution in [-0.4, -0.2) is 75.8 Å². The quantitative estimate of drug-likeness (QED) is 0.207. The van der Waals surface area contributed by atoms with Crippen LogP contribution in [0.15, 0.2) is 0 Å². The second-order valence-electron chi connectivity index (χ2n) is 6.78. The number of nitrogens with zero attached hydrogens (tertiary/aromatic N) is 1. The van der Waals surface area contributed by atoms with Crippen LogP contribution in [0.5, 0.6) is 0 Å².